The molecule has 0 heterocycles. The second-order valence-electron chi connectivity index (χ2n) is 2.44. The van der Waals surface area contributed by atoms with Crippen molar-refractivity contribution in [1.29, 1.82) is 0 Å². The zero-order valence-electron chi connectivity index (χ0n) is 7.86. The Bertz CT molecular complexity index is 220. The number of rotatable bonds is 5. The van der Waals surface area contributed by atoms with E-state index >= 15 is 0 Å². The Morgan fingerprint density at radius 2 is 1.86 bits per heavy atom. The molecule has 0 amide bonds. The average Bonchev–Trinajstić information content (AvgIpc) is 2.14. The smallest absolute Gasteiger partial charge is 0.373 e. The average molecular weight is 203 g/mol. The van der Waals surface area contributed by atoms with Gasteiger partial charge in [-0.25, -0.2) is 0 Å². The number of hydrogen-bond acceptors (Lipinski definition) is 5. The minimum atomic E-state index is -0.913. The van der Waals surface area contributed by atoms with Crippen molar-refractivity contribution in [3.63, 3.8) is 0 Å². The Kier molecular flexibility index (Phi) is 10.2. The molecule has 14 heavy (non-hydrogen) atoms. The van der Waals surface area contributed by atoms with Gasteiger partial charge in [0.05, 0.1) is 6.04 Å². The summed E-state index contributed by atoms with van der Waals surface area (Å²) in [6.07, 6.45) is 0.829. The van der Waals surface area contributed by atoms with Crippen molar-refractivity contribution in [3.8, 4) is 0 Å². The number of ketones is 1. The molecule has 6 heteroatoms. The van der Waals surface area contributed by atoms with E-state index in [2.05, 4.69) is 0 Å². The molecule has 0 aliphatic carbocycles. The van der Waals surface area contributed by atoms with Crippen molar-refractivity contribution in [2.75, 3.05) is 0 Å². The van der Waals surface area contributed by atoms with Crippen LogP contribution in [0.15, 0.2) is 0 Å². The number of aliphatic carboxylic acids is 1. The van der Waals surface area contributed by atoms with Crippen LogP contribution in [0.4, 0.5) is 0 Å². The van der Waals surface area contributed by atoms with Crippen molar-refractivity contribution in [1.82, 2.24) is 0 Å². The van der Waals surface area contributed by atoms with Crippen molar-refractivity contribution >= 4 is 17.9 Å². The van der Waals surface area contributed by atoms with Crippen LogP contribution in [0.5, 0.6) is 0 Å². The Morgan fingerprint density at radius 1 is 1.43 bits per heavy atom. The molecule has 0 saturated heterocycles. The monoisotopic (exact) mass is 203 g/mol. The molecule has 0 radical (unpaired) electrons. The normalized spacial score (nSPS) is 10.4. The molecule has 0 fully saturated rings. The fraction of sp³-hybridized carbons (Fsp3) is 0.625. The Labute approximate surface area is 81.1 Å². The Balaban J connectivity index is 0. The molecule has 0 saturated carbocycles. The fourth-order valence-corrected chi connectivity index (χ4v) is 0.702. The lowest BCUT2D eigenvalue weighted by Crippen LogP contribution is -2.30. The van der Waals surface area contributed by atoms with Gasteiger partial charge >= 0.3 is 12.1 Å². The van der Waals surface area contributed by atoms with Crippen LogP contribution in [-0.2, 0) is 19.2 Å². The third kappa shape index (κ3) is 10.5. The molecule has 6 nitrogen and oxygen atoms in total. The molecule has 80 valence electrons. The number of carbonyl (C=O) groups excluding carboxylic acids is 3. The van der Waals surface area contributed by atoms with E-state index in [1.54, 1.807) is 6.92 Å². The molecular formula is C8H13NO5. The van der Waals surface area contributed by atoms with E-state index in [1.165, 1.54) is 0 Å². The summed E-state index contributed by atoms with van der Waals surface area (Å²) in [4.78, 5) is 37.1. The summed E-state index contributed by atoms with van der Waals surface area (Å²) in [6, 6.07) is -0.601. The van der Waals surface area contributed by atoms with Crippen LogP contribution >= 0.6 is 0 Å². The van der Waals surface area contributed by atoms with Crippen molar-refractivity contribution in [3.05, 3.63) is 0 Å². The summed E-state index contributed by atoms with van der Waals surface area (Å²) in [5.41, 5.74) is 5.36. The lowest BCUT2D eigenvalue weighted by molar-refractivity contribution is -0.191. The van der Waals surface area contributed by atoms with Crippen LogP contribution < -0.4 is 5.73 Å². The molecule has 0 rings (SSSR count). The maximum Gasteiger partial charge on any atom is 0.373 e. The van der Waals surface area contributed by atoms with Crippen LogP contribution in [0.2, 0.25) is 0 Å². The van der Waals surface area contributed by atoms with Gasteiger partial charge in [0.2, 0.25) is 0 Å². The number of hydrogen-bond donors (Lipinski definition) is 2. The maximum atomic E-state index is 10.8. The standard InChI is InChI=1S/C7H13NO3.CO2/c1-2-6(9)5(8)3-4-7(10)11;2-1-3/h5H,2-4,8H2,1H3,(H,10,11);/t5-;/m0./s1. The highest BCUT2D eigenvalue weighted by Crippen LogP contribution is 1.97. The predicted octanol–water partition coefficient (Wildman–Crippen LogP) is -0.426. The highest BCUT2D eigenvalue weighted by atomic mass is 16.4. The van der Waals surface area contributed by atoms with Gasteiger partial charge in [-0.3, -0.25) is 9.59 Å². The first kappa shape index (κ1) is 15.0. The number of nitrogens with two attached hydrogens (primary N) is 1. The summed E-state index contributed by atoms with van der Waals surface area (Å²) in [7, 11) is 0. The van der Waals surface area contributed by atoms with Gasteiger partial charge in [0.25, 0.3) is 0 Å². The van der Waals surface area contributed by atoms with E-state index in [1.807, 2.05) is 0 Å². The van der Waals surface area contributed by atoms with E-state index < -0.39 is 12.0 Å². The van der Waals surface area contributed by atoms with E-state index in [0.717, 1.165) is 0 Å². The van der Waals surface area contributed by atoms with Gasteiger partial charge in [-0.2, -0.15) is 9.59 Å². The zero-order valence-corrected chi connectivity index (χ0v) is 7.86. The van der Waals surface area contributed by atoms with E-state index in [9.17, 15) is 9.59 Å². The first-order valence-corrected chi connectivity index (χ1v) is 3.98. The second kappa shape index (κ2) is 9.57. The SMILES string of the molecule is CCC(=O)[C@@H](N)CCC(=O)O.O=C=O. The number of carboxylic acids is 1. The topological polar surface area (TPSA) is 115 Å². The van der Waals surface area contributed by atoms with E-state index in [-0.39, 0.29) is 24.8 Å². The van der Waals surface area contributed by atoms with Gasteiger partial charge in [-0.05, 0) is 6.42 Å². The maximum absolute atomic E-state index is 10.8. The molecule has 3 N–H and O–H groups in total. The summed E-state index contributed by atoms with van der Waals surface area (Å²) < 4.78 is 0. The molecular weight excluding hydrogens is 190 g/mol. The molecule has 0 aromatic heterocycles. The first-order chi connectivity index (χ1) is 6.49. The van der Waals surface area contributed by atoms with Gasteiger partial charge in [0.1, 0.15) is 5.78 Å². The Hall–Kier alpha value is -1.52. The first-order valence-electron chi connectivity index (χ1n) is 3.98. The van der Waals surface area contributed by atoms with Crippen LogP contribution in [0.1, 0.15) is 26.2 Å². The molecule has 0 aliphatic heterocycles. The van der Waals surface area contributed by atoms with Crippen molar-refractivity contribution in [2.45, 2.75) is 32.2 Å². The van der Waals surface area contributed by atoms with Gasteiger partial charge in [-0.15, -0.1) is 0 Å². The van der Waals surface area contributed by atoms with Crippen molar-refractivity contribution < 1.29 is 24.3 Å². The van der Waals surface area contributed by atoms with Crippen molar-refractivity contribution in [2.24, 2.45) is 5.73 Å². The van der Waals surface area contributed by atoms with Crippen LogP contribution in [0, 0.1) is 0 Å². The summed E-state index contributed by atoms with van der Waals surface area (Å²) in [5.74, 6) is -0.990. The highest BCUT2D eigenvalue weighted by Gasteiger charge is 2.11. The highest BCUT2D eigenvalue weighted by molar-refractivity contribution is 5.83. The fourth-order valence-electron chi connectivity index (χ4n) is 0.702. The number of Topliss-reactive ketones (excluding diaryl/α,β-unsaturated/α-hetero) is 1. The summed E-state index contributed by atoms with van der Waals surface area (Å²) >= 11 is 0. The Morgan fingerprint density at radius 3 is 2.14 bits per heavy atom. The molecule has 1 atom stereocenters. The third-order valence-electron chi connectivity index (χ3n) is 1.43. The quantitative estimate of drug-likeness (QED) is 0.626. The van der Waals surface area contributed by atoms with Crippen LogP contribution in [0.3, 0.4) is 0 Å². The summed E-state index contributed by atoms with van der Waals surface area (Å²) in [6.45, 7) is 1.71. The van der Waals surface area contributed by atoms with E-state index in [0.29, 0.717) is 6.42 Å². The van der Waals surface area contributed by atoms with Gasteiger partial charge in [0, 0.05) is 12.8 Å². The minimum Gasteiger partial charge on any atom is -0.481 e. The van der Waals surface area contributed by atoms with Crippen LogP contribution in [-0.4, -0.2) is 29.1 Å². The lowest BCUT2D eigenvalue weighted by Gasteiger charge is -2.05. The number of carboxylic acid groups (broad SMARTS) is 1. The van der Waals surface area contributed by atoms with Gasteiger partial charge < -0.3 is 10.8 Å². The molecule has 0 unspecified atom stereocenters. The molecule has 0 aromatic rings. The second-order valence-corrected chi connectivity index (χ2v) is 2.44. The summed E-state index contributed by atoms with van der Waals surface area (Å²) in [5, 5.41) is 8.25. The zero-order chi connectivity index (χ0) is 11.6. The molecule has 0 aliphatic rings. The predicted molar refractivity (Wildman–Crippen MR) is 45.2 cm³/mol. The van der Waals surface area contributed by atoms with Gasteiger partial charge in [0.15, 0.2) is 0 Å². The van der Waals surface area contributed by atoms with Gasteiger partial charge in [-0.1, -0.05) is 6.92 Å². The minimum absolute atomic E-state index is 0.0348. The lowest BCUT2D eigenvalue weighted by atomic mass is 10.1. The van der Waals surface area contributed by atoms with E-state index in [4.69, 9.17) is 20.4 Å². The largest absolute Gasteiger partial charge is 0.481 e. The molecule has 0 aromatic carbocycles. The molecule has 0 bridgehead atoms. The molecule has 0 spiro atoms. The van der Waals surface area contributed by atoms with Crippen LogP contribution in [0.25, 0.3) is 0 Å². The third-order valence-corrected chi connectivity index (χ3v) is 1.43. The number of carbonyl (C=O) groups is 2.